The molecule has 0 aliphatic carbocycles. The smallest absolute Gasteiger partial charge is 0.230 e. The molecular weight excluding hydrogens is 368 g/mol. The van der Waals surface area contributed by atoms with E-state index in [0.29, 0.717) is 0 Å². The van der Waals surface area contributed by atoms with Crippen molar-refractivity contribution in [3.63, 3.8) is 0 Å². The third-order valence-corrected chi connectivity index (χ3v) is 6.81. The van der Waals surface area contributed by atoms with Gasteiger partial charge >= 0.3 is 0 Å². The molecule has 2 heterocycles. The van der Waals surface area contributed by atoms with E-state index in [1.165, 1.54) is 72.2 Å². The Morgan fingerprint density at radius 3 is 1.33 bits per heavy atom. The Labute approximate surface area is 180 Å². The maximum Gasteiger partial charge on any atom is 0.256 e. The van der Waals surface area contributed by atoms with Gasteiger partial charge in [0.2, 0.25) is 0 Å². The molecule has 0 amide bonds. The number of aromatic nitrogens is 4. The van der Waals surface area contributed by atoms with E-state index in [-0.39, 0.29) is 0 Å². The molecule has 0 fully saturated rings. The Morgan fingerprint density at radius 1 is 0.567 bits per heavy atom. The van der Waals surface area contributed by atoms with Crippen molar-refractivity contribution < 1.29 is 9.13 Å². The van der Waals surface area contributed by atoms with Gasteiger partial charge in [-0.15, -0.1) is 0 Å². The minimum Gasteiger partial charge on any atom is -0.230 e. The molecular formula is C26H36N4+2. The standard InChI is InChI=1S/C26H36N4/c1-27-21-15-11-12-16-22(21)28(2)25(27)19-9-7-5-6-8-10-20-26-29(3)23-17-13-14-18-24(23)30(26)4/h11-18H,5-10,19-20H2,1-4H3/q+2. The van der Waals surface area contributed by atoms with Gasteiger partial charge in [-0.2, -0.15) is 0 Å². The fourth-order valence-corrected chi connectivity index (χ4v) is 5.01. The lowest BCUT2D eigenvalue weighted by Gasteiger charge is -2.02. The van der Waals surface area contributed by atoms with Gasteiger partial charge in [0.05, 0.1) is 28.2 Å². The van der Waals surface area contributed by atoms with Gasteiger partial charge in [0.15, 0.2) is 22.1 Å². The van der Waals surface area contributed by atoms with E-state index in [4.69, 9.17) is 0 Å². The molecule has 0 aliphatic heterocycles. The van der Waals surface area contributed by atoms with Crippen LogP contribution in [0.5, 0.6) is 0 Å². The first kappa shape index (κ1) is 20.6. The molecule has 4 rings (SSSR count). The minimum atomic E-state index is 1.16. The topological polar surface area (TPSA) is 17.6 Å². The summed E-state index contributed by atoms with van der Waals surface area (Å²) in [7, 11) is 8.80. The first-order valence-corrected chi connectivity index (χ1v) is 11.4. The highest BCUT2D eigenvalue weighted by Crippen LogP contribution is 2.16. The number of fused-ring (bicyclic) bond motifs is 2. The zero-order valence-corrected chi connectivity index (χ0v) is 19.1. The third kappa shape index (κ3) is 3.88. The summed E-state index contributed by atoms with van der Waals surface area (Å²) in [6, 6.07) is 17.4. The first-order valence-electron chi connectivity index (χ1n) is 11.4. The van der Waals surface area contributed by atoms with Gasteiger partial charge in [-0.05, 0) is 37.1 Å². The number of benzene rings is 2. The van der Waals surface area contributed by atoms with E-state index in [0.717, 1.165) is 12.8 Å². The number of hydrogen-bond acceptors (Lipinski definition) is 0. The number of hydrogen-bond donors (Lipinski definition) is 0. The van der Waals surface area contributed by atoms with Crippen LogP contribution in [0.25, 0.3) is 22.1 Å². The second-order valence-electron chi connectivity index (χ2n) is 8.67. The molecule has 0 aliphatic rings. The molecule has 30 heavy (non-hydrogen) atoms. The lowest BCUT2D eigenvalue weighted by atomic mass is 10.1. The van der Waals surface area contributed by atoms with Crippen molar-refractivity contribution >= 4 is 22.1 Å². The van der Waals surface area contributed by atoms with Gasteiger partial charge in [0.1, 0.15) is 0 Å². The van der Waals surface area contributed by atoms with Gasteiger partial charge in [-0.25, -0.2) is 18.3 Å². The largest absolute Gasteiger partial charge is 0.256 e. The number of rotatable bonds is 9. The van der Waals surface area contributed by atoms with E-state index in [1.54, 1.807) is 0 Å². The molecule has 4 aromatic rings. The quantitative estimate of drug-likeness (QED) is 0.290. The van der Waals surface area contributed by atoms with Crippen molar-refractivity contribution in [2.24, 2.45) is 28.2 Å². The SMILES string of the molecule is Cn1c(CCCCCCCCc2n(C)c3ccccc3[n+]2C)[n+](C)c2ccccc21. The van der Waals surface area contributed by atoms with Crippen molar-refractivity contribution in [3.05, 3.63) is 60.2 Å². The van der Waals surface area contributed by atoms with Crippen molar-refractivity contribution in [2.45, 2.75) is 51.4 Å². The first-order chi connectivity index (χ1) is 14.6. The molecule has 4 nitrogen and oxygen atoms in total. The Bertz CT molecular complexity index is 979. The van der Waals surface area contributed by atoms with Crippen molar-refractivity contribution in [2.75, 3.05) is 0 Å². The molecule has 0 atom stereocenters. The summed E-state index contributed by atoms with van der Waals surface area (Å²) in [5.74, 6) is 2.86. The lowest BCUT2D eigenvalue weighted by molar-refractivity contribution is -0.654. The van der Waals surface area contributed by atoms with Crippen LogP contribution in [0.15, 0.2) is 48.5 Å². The van der Waals surface area contributed by atoms with Gasteiger partial charge in [0, 0.05) is 12.8 Å². The maximum absolute atomic E-state index is 2.36. The third-order valence-electron chi connectivity index (χ3n) is 6.81. The van der Waals surface area contributed by atoms with Crippen LogP contribution in [0.4, 0.5) is 0 Å². The molecule has 0 saturated heterocycles. The van der Waals surface area contributed by atoms with Crippen molar-refractivity contribution in [3.8, 4) is 0 Å². The predicted octanol–water partition coefficient (Wildman–Crippen LogP) is 4.44. The van der Waals surface area contributed by atoms with Crippen LogP contribution in [0.3, 0.4) is 0 Å². The number of para-hydroxylation sites is 4. The zero-order chi connectivity index (χ0) is 21.1. The lowest BCUT2D eigenvalue weighted by Crippen LogP contribution is -2.32. The molecule has 0 saturated carbocycles. The molecule has 158 valence electrons. The fraction of sp³-hybridized carbons (Fsp3) is 0.462. The van der Waals surface area contributed by atoms with Crippen LogP contribution in [0.1, 0.15) is 50.2 Å². The molecule has 4 heteroatoms. The second kappa shape index (κ2) is 9.03. The average Bonchev–Trinajstić information content (AvgIpc) is 3.16. The molecule has 2 aromatic carbocycles. The fourth-order valence-electron chi connectivity index (χ4n) is 5.01. The number of imidazole rings is 2. The molecule has 0 N–H and O–H groups in total. The number of unbranched alkanes of at least 4 members (excludes halogenated alkanes) is 5. The van der Waals surface area contributed by atoms with E-state index in [9.17, 15) is 0 Å². The van der Waals surface area contributed by atoms with Gasteiger partial charge in [0.25, 0.3) is 11.6 Å². The predicted molar refractivity (Wildman–Crippen MR) is 123 cm³/mol. The molecule has 0 bridgehead atoms. The second-order valence-corrected chi connectivity index (χ2v) is 8.67. The van der Waals surface area contributed by atoms with Crippen molar-refractivity contribution in [1.29, 1.82) is 0 Å². The van der Waals surface area contributed by atoms with Crippen LogP contribution < -0.4 is 9.13 Å². The highest BCUT2D eigenvalue weighted by molar-refractivity contribution is 5.72. The van der Waals surface area contributed by atoms with E-state index in [2.05, 4.69) is 95.0 Å². The monoisotopic (exact) mass is 404 g/mol. The Balaban J connectivity index is 1.20. The molecule has 2 aromatic heterocycles. The summed E-state index contributed by atoms with van der Waals surface area (Å²) in [6.45, 7) is 0. The van der Waals surface area contributed by atoms with E-state index in [1.807, 2.05) is 0 Å². The minimum absolute atomic E-state index is 1.16. The molecule has 0 unspecified atom stereocenters. The van der Waals surface area contributed by atoms with E-state index >= 15 is 0 Å². The van der Waals surface area contributed by atoms with E-state index < -0.39 is 0 Å². The van der Waals surface area contributed by atoms with Crippen LogP contribution in [0.2, 0.25) is 0 Å². The number of nitrogens with zero attached hydrogens (tertiary/aromatic N) is 4. The highest BCUT2D eigenvalue weighted by atomic mass is 15.1. The molecule has 0 spiro atoms. The van der Waals surface area contributed by atoms with Crippen LogP contribution in [-0.2, 0) is 41.0 Å². The average molecular weight is 405 g/mol. The summed E-state index contributed by atoms with van der Waals surface area (Å²) >= 11 is 0. The maximum atomic E-state index is 2.36. The Kier molecular flexibility index (Phi) is 6.21. The van der Waals surface area contributed by atoms with Crippen molar-refractivity contribution in [1.82, 2.24) is 9.13 Å². The van der Waals surface area contributed by atoms with Gasteiger partial charge < -0.3 is 0 Å². The summed E-state index contributed by atoms with van der Waals surface area (Å²) in [4.78, 5) is 0. The number of aryl methyl sites for hydroxylation is 4. The summed E-state index contributed by atoms with van der Waals surface area (Å²) in [5, 5.41) is 0. The molecule has 0 radical (unpaired) electrons. The van der Waals surface area contributed by atoms with Crippen LogP contribution in [-0.4, -0.2) is 9.13 Å². The summed E-state index contributed by atoms with van der Waals surface area (Å²) in [6.07, 6.45) is 10.2. The van der Waals surface area contributed by atoms with Gasteiger partial charge in [-0.1, -0.05) is 49.9 Å². The normalized spacial score (nSPS) is 11.7. The highest BCUT2D eigenvalue weighted by Gasteiger charge is 2.19. The Hall–Kier alpha value is -2.62. The summed E-state index contributed by atoms with van der Waals surface area (Å²) < 4.78 is 9.44. The van der Waals surface area contributed by atoms with Crippen LogP contribution in [0, 0.1) is 0 Å². The zero-order valence-electron chi connectivity index (χ0n) is 19.1. The Morgan fingerprint density at radius 2 is 0.933 bits per heavy atom. The van der Waals surface area contributed by atoms with Crippen LogP contribution >= 0.6 is 0 Å². The summed E-state index contributed by atoms with van der Waals surface area (Å²) in [5.41, 5.74) is 5.32. The van der Waals surface area contributed by atoms with Gasteiger partial charge in [-0.3, -0.25) is 0 Å².